The molecular formula is C24H36N6O9. The highest BCUT2D eigenvalue weighted by Crippen LogP contribution is 2.11. The van der Waals surface area contributed by atoms with Crippen LogP contribution in [0.2, 0.25) is 0 Å². The molecule has 1 rings (SSSR count). The van der Waals surface area contributed by atoms with Crippen LogP contribution in [0.5, 0.6) is 5.75 Å². The van der Waals surface area contributed by atoms with Crippen LogP contribution >= 0.6 is 0 Å². The second kappa shape index (κ2) is 16.6. The van der Waals surface area contributed by atoms with E-state index in [0.717, 1.165) is 0 Å². The van der Waals surface area contributed by atoms with Crippen molar-refractivity contribution in [3.05, 3.63) is 29.8 Å². The summed E-state index contributed by atoms with van der Waals surface area (Å²) in [6.07, 6.45) is -0.552. The Bertz CT molecular complexity index is 1020. The van der Waals surface area contributed by atoms with Crippen LogP contribution in [0.4, 0.5) is 0 Å². The highest BCUT2D eigenvalue weighted by Gasteiger charge is 2.31. The number of phenols is 1. The van der Waals surface area contributed by atoms with Crippen LogP contribution in [0.25, 0.3) is 0 Å². The number of rotatable bonds is 18. The SMILES string of the molecule is NCCCCC(NC(=O)C(CCC(=O)O)NC(=O)C(N)Cc1ccc(O)cc1)C(=O)NC(CC(N)=O)C(=O)O. The number of unbranched alkanes of at least 4 members (excludes halogenated alkanes) is 1. The number of carbonyl (C=O) groups is 6. The van der Waals surface area contributed by atoms with Crippen molar-refractivity contribution in [2.45, 2.75) is 69.1 Å². The van der Waals surface area contributed by atoms with Gasteiger partial charge in [-0.1, -0.05) is 12.1 Å². The van der Waals surface area contributed by atoms with E-state index in [1.165, 1.54) is 12.1 Å². The molecule has 12 N–H and O–H groups in total. The van der Waals surface area contributed by atoms with E-state index in [1.54, 1.807) is 12.1 Å². The van der Waals surface area contributed by atoms with E-state index in [-0.39, 0.29) is 31.6 Å². The van der Waals surface area contributed by atoms with Gasteiger partial charge in [0, 0.05) is 6.42 Å². The van der Waals surface area contributed by atoms with Gasteiger partial charge in [-0.05, 0) is 56.3 Å². The first-order chi connectivity index (χ1) is 18.3. The van der Waals surface area contributed by atoms with Crippen LogP contribution in [0.1, 0.15) is 44.1 Å². The highest BCUT2D eigenvalue weighted by molar-refractivity contribution is 5.95. The molecule has 0 fully saturated rings. The van der Waals surface area contributed by atoms with E-state index < -0.39 is 72.6 Å². The van der Waals surface area contributed by atoms with Gasteiger partial charge in [0.1, 0.15) is 23.9 Å². The number of amides is 4. The van der Waals surface area contributed by atoms with Crippen molar-refractivity contribution in [1.82, 2.24) is 16.0 Å². The lowest BCUT2D eigenvalue weighted by atomic mass is 10.0. The first kappa shape index (κ1) is 32.8. The Hall–Kier alpha value is -4.24. The zero-order chi connectivity index (χ0) is 29.5. The summed E-state index contributed by atoms with van der Waals surface area (Å²) in [7, 11) is 0. The molecule has 0 aliphatic rings. The molecule has 1 aromatic rings. The van der Waals surface area contributed by atoms with Crippen molar-refractivity contribution >= 4 is 35.6 Å². The summed E-state index contributed by atoms with van der Waals surface area (Å²) < 4.78 is 0. The molecule has 4 unspecified atom stereocenters. The number of nitrogens with two attached hydrogens (primary N) is 3. The maximum absolute atomic E-state index is 13.1. The third kappa shape index (κ3) is 12.7. The molecule has 15 nitrogen and oxygen atoms in total. The van der Waals surface area contributed by atoms with Crippen molar-refractivity contribution in [1.29, 1.82) is 0 Å². The minimum atomic E-state index is -1.63. The van der Waals surface area contributed by atoms with Crippen molar-refractivity contribution in [2.75, 3.05) is 6.54 Å². The number of phenolic OH excluding ortho intramolecular Hbond substituents is 1. The summed E-state index contributed by atoms with van der Waals surface area (Å²) in [4.78, 5) is 72.3. The Morgan fingerprint density at radius 2 is 1.33 bits per heavy atom. The van der Waals surface area contributed by atoms with Gasteiger partial charge in [-0.15, -0.1) is 0 Å². The molecule has 15 heteroatoms. The van der Waals surface area contributed by atoms with Crippen LogP contribution < -0.4 is 33.2 Å². The van der Waals surface area contributed by atoms with Crippen molar-refractivity contribution in [3.63, 3.8) is 0 Å². The number of aromatic hydroxyl groups is 1. The van der Waals surface area contributed by atoms with Crippen molar-refractivity contribution < 1.29 is 44.1 Å². The Balaban J connectivity index is 3.02. The summed E-state index contributed by atoms with van der Waals surface area (Å²) in [5.41, 5.74) is 17.1. The van der Waals surface area contributed by atoms with Gasteiger partial charge in [0.25, 0.3) is 0 Å². The molecule has 0 radical (unpaired) electrons. The minimum Gasteiger partial charge on any atom is -0.508 e. The molecule has 0 aromatic heterocycles. The van der Waals surface area contributed by atoms with Crippen LogP contribution in [0.3, 0.4) is 0 Å². The van der Waals surface area contributed by atoms with Crippen molar-refractivity contribution in [3.8, 4) is 5.75 Å². The van der Waals surface area contributed by atoms with Gasteiger partial charge < -0.3 is 48.5 Å². The smallest absolute Gasteiger partial charge is 0.326 e. The average Bonchev–Trinajstić information content (AvgIpc) is 2.86. The molecule has 0 aliphatic carbocycles. The van der Waals surface area contributed by atoms with Gasteiger partial charge in [0.15, 0.2) is 0 Å². The molecular weight excluding hydrogens is 516 g/mol. The number of nitrogens with one attached hydrogen (secondary N) is 3. The lowest BCUT2D eigenvalue weighted by molar-refractivity contribution is -0.143. The van der Waals surface area contributed by atoms with Gasteiger partial charge >= 0.3 is 11.9 Å². The molecule has 0 heterocycles. The summed E-state index contributed by atoms with van der Waals surface area (Å²) >= 11 is 0. The number of benzene rings is 1. The zero-order valence-corrected chi connectivity index (χ0v) is 21.3. The van der Waals surface area contributed by atoms with Crippen LogP contribution in [0, 0.1) is 0 Å². The molecule has 39 heavy (non-hydrogen) atoms. The van der Waals surface area contributed by atoms with Crippen LogP contribution in [-0.2, 0) is 35.2 Å². The third-order valence-corrected chi connectivity index (χ3v) is 5.61. The van der Waals surface area contributed by atoms with Gasteiger partial charge in [0.05, 0.1) is 12.5 Å². The summed E-state index contributed by atoms with van der Waals surface area (Å²) in [6.45, 7) is 0.290. The predicted molar refractivity (Wildman–Crippen MR) is 137 cm³/mol. The molecule has 0 aliphatic heterocycles. The normalized spacial score (nSPS) is 13.8. The topological polar surface area (TPSA) is 277 Å². The Morgan fingerprint density at radius 3 is 1.85 bits per heavy atom. The summed E-state index contributed by atoms with van der Waals surface area (Å²) in [5.74, 6) is -6.25. The van der Waals surface area contributed by atoms with Gasteiger partial charge in [-0.3, -0.25) is 24.0 Å². The fourth-order valence-electron chi connectivity index (χ4n) is 3.50. The zero-order valence-electron chi connectivity index (χ0n) is 21.3. The standard InChI is InChI=1S/C24H36N6O9/c25-10-2-1-3-16(22(36)30-18(24(38)39)12-19(27)32)29-23(37)17(8-9-20(33)34)28-21(35)15(26)11-13-4-6-14(31)7-5-13/h4-7,15-18,31H,1-3,8-12,25-26H2,(H2,27,32)(H,28,35)(H,29,37)(H,30,36)(H,33,34)(H,38,39). The van der Waals surface area contributed by atoms with E-state index in [2.05, 4.69) is 16.0 Å². The first-order valence-electron chi connectivity index (χ1n) is 12.2. The minimum absolute atomic E-state index is 0.0246. The third-order valence-electron chi connectivity index (χ3n) is 5.61. The van der Waals surface area contributed by atoms with Gasteiger partial charge in [-0.25, -0.2) is 4.79 Å². The molecule has 4 atom stereocenters. The van der Waals surface area contributed by atoms with Crippen LogP contribution in [-0.4, -0.2) is 81.6 Å². The number of primary amides is 1. The Morgan fingerprint density at radius 1 is 0.795 bits per heavy atom. The van der Waals surface area contributed by atoms with Crippen molar-refractivity contribution in [2.24, 2.45) is 17.2 Å². The van der Waals surface area contributed by atoms with Gasteiger partial charge in [-0.2, -0.15) is 0 Å². The number of carboxylic acid groups (broad SMARTS) is 2. The number of carbonyl (C=O) groups excluding carboxylic acids is 4. The maximum Gasteiger partial charge on any atom is 0.326 e. The average molecular weight is 553 g/mol. The number of aliphatic carboxylic acids is 2. The fourth-order valence-corrected chi connectivity index (χ4v) is 3.50. The molecule has 0 spiro atoms. The molecule has 0 saturated carbocycles. The second-order valence-electron chi connectivity index (χ2n) is 8.89. The summed E-state index contributed by atoms with van der Waals surface area (Å²) in [5, 5.41) is 34.7. The summed E-state index contributed by atoms with van der Waals surface area (Å²) in [6, 6.07) is 0.523. The number of hydrogen-bond donors (Lipinski definition) is 9. The highest BCUT2D eigenvalue weighted by atomic mass is 16.4. The molecule has 0 saturated heterocycles. The lowest BCUT2D eigenvalue weighted by Crippen LogP contribution is -2.57. The fraction of sp³-hybridized carbons (Fsp3) is 0.500. The maximum atomic E-state index is 13.1. The largest absolute Gasteiger partial charge is 0.508 e. The first-order valence-corrected chi connectivity index (χ1v) is 12.2. The van der Waals surface area contributed by atoms with E-state index in [1.807, 2.05) is 0 Å². The van der Waals surface area contributed by atoms with E-state index in [4.69, 9.17) is 22.3 Å². The quantitative estimate of drug-likeness (QED) is 0.0871. The van der Waals surface area contributed by atoms with Crippen LogP contribution in [0.15, 0.2) is 24.3 Å². The Kier molecular flexibility index (Phi) is 13.9. The van der Waals surface area contributed by atoms with E-state index >= 15 is 0 Å². The monoisotopic (exact) mass is 552 g/mol. The molecule has 216 valence electrons. The second-order valence-corrected chi connectivity index (χ2v) is 8.89. The number of carboxylic acids is 2. The number of hydrogen-bond acceptors (Lipinski definition) is 9. The molecule has 0 bridgehead atoms. The molecule has 1 aromatic carbocycles. The van der Waals surface area contributed by atoms with Gasteiger partial charge in [0.2, 0.25) is 23.6 Å². The molecule has 4 amide bonds. The van der Waals surface area contributed by atoms with E-state index in [9.17, 15) is 39.0 Å². The Labute approximate surface area is 224 Å². The van der Waals surface area contributed by atoms with E-state index in [0.29, 0.717) is 18.4 Å². The predicted octanol–water partition coefficient (Wildman–Crippen LogP) is -2.33. The lowest BCUT2D eigenvalue weighted by Gasteiger charge is -2.25.